The lowest BCUT2D eigenvalue weighted by molar-refractivity contribution is 0.102. The predicted molar refractivity (Wildman–Crippen MR) is 102 cm³/mol. The summed E-state index contributed by atoms with van der Waals surface area (Å²) in [5.41, 5.74) is 2.12. The van der Waals surface area contributed by atoms with Crippen molar-refractivity contribution in [2.45, 2.75) is 6.61 Å². The summed E-state index contributed by atoms with van der Waals surface area (Å²) in [4.78, 5) is 12.6. The summed E-state index contributed by atoms with van der Waals surface area (Å²) in [6.07, 6.45) is 0. The molecule has 3 aromatic carbocycles. The van der Waals surface area contributed by atoms with Gasteiger partial charge in [-0.15, -0.1) is 0 Å². The van der Waals surface area contributed by atoms with Crippen LogP contribution in [0.2, 0.25) is 0 Å². The van der Waals surface area contributed by atoms with E-state index in [1.165, 1.54) is 0 Å². The molecule has 0 saturated carbocycles. The number of hydrogen-bond acceptors (Lipinski definition) is 3. The van der Waals surface area contributed by atoms with Gasteiger partial charge in [-0.25, -0.2) is 0 Å². The summed E-state index contributed by atoms with van der Waals surface area (Å²) in [5.74, 6) is 0.991. The summed E-state index contributed by atoms with van der Waals surface area (Å²) in [6.45, 7) is -0.140. The van der Waals surface area contributed by atoms with Gasteiger partial charge >= 0.3 is 0 Å². The van der Waals surface area contributed by atoms with Crippen molar-refractivity contribution in [3.05, 3.63) is 90.2 Å². The van der Waals surface area contributed by atoms with Gasteiger partial charge in [0.25, 0.3) is 5.91 Å². The van der Waals surface area contributed by atoms with Gasteiger partial charge in [-0.3, -0.25) is 4.79 Å². The molecular weight excluding hydrogens is 326 g/mol. The molecule has 4 rings (SSSR count). The number of aliphatic hydroxyl groups is 1. The van der Waals surface area contributed by atoms with E-state index in [2.05, 4.69) is 5.32 Å². The molecule has 4 aromatic rings. The highest BCUT2D eigenvalue weighted by atomic mass is 16.4. The Labute approximate surface area is 150 Å². The van der Waals surface area contributed by atoms with E-state index >= 15 is 0 Å². The average Bonchev–Trinajstić information content (AvgIpc) is 3.17. The van der Waals surface area contributed by atoms with Crippen molar-refractivity contribution in [1.82, 2.24) is 0 Å². The number of amides is 1. The quantitative estimate of drug-likeness (QED) is 0.557. The first-order chi connectivity index (χ1) is 12.7. The Morgan fingerprint density at radius 2 is 1.73 bits per heavy atom. The molecule has 0 bridgehead atoms. The second kappa shape index (κ2) is 6.86. The van der Waals surface area contributed by atoms with Gasteiger partial charge in [0, 0.05) is 16.8 Å². The minimum atomic E-state index is -0.164. The maximum Gasteiger partial charge on any atom is 0.255 e. The van der Waals surface area contributed by atoms with Crippen LogP contribution in [-0.2, 0) is 6.61 Å². The van der Waals surface area contributed by atoms with E-state index in [1.54, 1.807) is 12.1 Å². The summed E-state index contributed by atoms with van der Waals surface area (Å²) in [6, 6.07) is 24.5. The molecule has 2 N–H and O–H groups in total. The molecular formula is C22H17NO3. The highest BCUT2D eigenvalue weighted by Crippen LogP contribution is 2.25. The molecule has 0 saturated heterocycles. The first-order valence-corrected chi connectivity index (χ1v) is 8.33. The molecule has 0 spiro atoms. The van der Waals surface area contributed by atoms with E-state index in [9.17, 15) is 4.79 Å². The third-order valence-electron chi connectivity index (χ3n) is 4.23. The van der Waals surface area contributed by atoms with E-state index in [1.807, 2.05) is 66.7 Å². The summed E-state index contributed by atoms with van der Waals surface area (Å²) < 4.78 is 5.55. The highest BCUT2D eigenvalue weighted by molar-refractivity contribution is 6.06. The average molecular weight is 343 g/mol. The SMILES string of the molecule is O=C(Nc1cccc(-c2ccc(CO)o2)c1)c1ccc2ccccc2c1. The van der Waals surface area contributed by atoms with Crippen LogP contribution < -0.4 is 5.32 Å². The van der Waals surface area contributed by atoms with E-state index in [0.717, 1.165) is 16.3 Å². The van der Waals surface area contributed by atoms with Crippen molar-refractivity contribution < 1.29 is 14.3 Å². The molecule has 0 fully saturated rings. The van der Waals surface area contributed by atoms with E-state index in [0.29, 0.717) is 22.8 Å². The normalized spacial score (nSPS) is 10.8. The number of hydrogen-bond donors (Lipinski definition) is 2. The van der Waals surface area contributed by atoms with Crippen molar-refractivity contribution in [2.24, 2.45) is 0 Å². The molecule has 4 nitrogen and oxygen atoms in total. The Morgan fingerprint density at radius 3 is 2.54 bits per heavy atom. The van der Waals surface area contributed by atoms with Crippen molar-refractivity contribution in [3.63, 3.8) is 0 Å². The van der Waals surface area contributed by atoms with Gasteiger partial charge in [0.2, 0.25) is 0 Å². The predicted octanol–water partition coefficient (Wildman–Crippen LogP) is 4.84. The number of rotatable bonds is 4. The van der Waals surface area contributed by atoms with Crippen LogP contribution in [0.1, 0.15) is 16.1 Å². The maximum absolute atomic E-state index is 12.6. The lowest BCUT2D eigenvalue weighted by Gasteiger charge is -2.08. The number of aliphatic hydroxyl groups excluding tert-OH is 1. The topological polar surface area (TPSA) is 62.5 Å². The largest absolute Gasteiger partial charge is 0.459 e. The third kappa shape index (κ3) is 3.23. The molecule has 1 heterocycles. The fourth-order valence-corrected chi connectivity index (χ4v) is 2.90. The molecule has 0 radical (unpaired) electrons. The number of carbonyl (C=O) groups excluding carboxylic acids is 1. The fraction of sp³-hybridized carbons (Fsp3) is 0.0455. The molecule has 1 amide bonds. The monoisotopic (exact) mass is 343 g/mol. The van der Waals surface area contributed by atoms with E-state index in [-0.39, 0.29) is 12.5 Å². The summed E-state index contributed by atoms with van der Waals surface area (Å²) in [5, 5.41) is 14.2. The van der Waals surface area contributed by atoms with Crippen molar-refractivity contribution >= 4 is 22.4 Å². The van der Waals surface area contributed by atoms with Crippen LogP contribution in [0, 0.1) is 0 Å². The van der Waals surface area contributed by atoms with Crippen LogP contribution in [-0.4, -0.2) is 11.0 Å². The van der Waals surface area contributed by atoms with Crippen LogP contribution in [0.15, 0.2) is 83.3 Å². The second-order valence-corrected chi connectivity index (χ2v) is 6.02. The lowest BCUT2D eigenvalue weighted by atomic mass is 10.1. The second-order valence-electron chi connectivity index (χ2n) is 6.02. The Morgan fingerprint density at radius 1 is 0.885 bits per heavy atom. The van der Waals surface area contributed by atoms with Gasteiger partial charge in [0.05, 0.1) is 0 Å². The molecule has 26 heavy (non-hydrogen) atoms. The van der Waals surface area contributed by atoms with Gasteiger partial charge in [0.15, 0.2) is 0 Å². The van der Waals surface area contributed by atoms with Crippen molar-refractivity contribution in [1.29, 1.82) is 0 Å². The number of benzene rings is 3. The van der Waals surface area contributed by atoms with Crippen LogP contribution in [0.4, 0.5) is 5.69 Å². The van der Waals surface area contributed by atoms with Gasteiger partial charge in [0.1, 0.15) is 18.1 Å². The van der Waals surface area contributed by atoms with Gasteiger partial charge in [-0.05, 0) is 47.2 Å². The van der Waals surface area contributed by atoms with Crippen LogP contribution in [0.25, 0.3) is 22.1 Å². The number of carbonyl (C=O) groups is 1. The fourth-order valence-electron chi connectivity index (χ4n) is 2.90. The molecule has 0 unspecified atom stereocenters. The van der Waals surface area contributed by atoms with Gasteiger partial charge in [-0.1, -0.05) is 42.5 Å². The summed E-state index contributed by atoms with van der Waals surface area (Å²) >= 11 is 0. The van der Waals surface area contributed by atoms with Crippen LogP contribution in [0.5, 0.6) is 0 Å². The van der Waals surface area contributed by atoms with Crippen LogP contribution >= 0.6 is 0 Å². The molecule has 0 aliphatic rings. The number of furan rings is 1. The molecule has 0 aliphatic carbocycles. The molecule has 0 atom stereocenters. The zero-order chi connectivity index (χ0) is 17.9. The molecule has 0 aliphatic heterocycles. The molecule has 1 aromatic heterocycles. The Hall–Kier alpha value is -3.37. The Bertz CT molecular complexity index is 1080. The Balaban J connectivity index is 1.57. The standard InChI is InChI=1S/C22H17NO3/c24-14-20-10-11-21(26-20)17-6-3-7-19(13-17)23-22(25)18-9-8-15-4-1-2-5-16(15)12-18/h1-13,24H,14H2,(H,23,25). The minimum Gasteiger partial charge on any atom is -0.459 e. The smallest absolute Gasteiger partial charge is 0.255 e. The maximum atomic E-state index is 12.6. The zero-order valence-corrected chi connectivity index (χ0v) is 14.0. The zero-order valence-electron chi connectivity index (χ0n) is 14.0. The van der Waals surface area contributed by atoms with Crippen LogP contribution in [0.3, 0.4) is 0 Å². The Kier molecular flexibility index (Phi) is 4.25. The number of fused-ring (bicyclic) bond motifs is 1. The third-order valence-corrected chi connectivity index (χ3v) is 4.23. The first-order valence-electron chi connectivity index (χ1n) is 8.33. The summed E-state index contributed by atoms with van der Waals surface area (Å²) in [7, 11) is 0. The number of anilines is 1. The molecule has 128 valence electrons. The van der Waals surface area contributed by atoms with Gasteiger partial charge < -0.3 is 14.8 Å². The molecule has 4 heteroatoms. The van der Waals surface area contributed by atoms with E-state index in [4.69, 9.17) is 9.52 Å². The van der Waals surface area contributed by atoms with Gasteiger partial charge in [-0.2, -0.15) is 0 Å². The minimum absolute atomic E-state index is 0.140. The highest BCUT2D eigenvalue weighted by Gasteiger charge is 2.09. The van der Waals surface area contributed by atoms with Crippen molar-refractivity contribution in [2.75, 3.05) is 5.32 Å². The number of nitrogens with one attached hydrogen (secondary N) is 1. The van der Waals surface area contributed by atoms with E-state index < -0.39 is 0 Å². The lowest BCUT2D eigenvalue weighted by Crippen LogP contribution is -2.11. The van der Waals surface area contributed by atoms with Crippen molar-refractivity contribution in [3.8, 4) is 11.3 Å². The first kappa shape index (κ1) is 16.1.